The van der Waals surface area contributed by atoms with Crippen molar-refractivity contribution in [3.63, 3.8) is 0 Å². The molecule has 1 N–H and O–H groups in total. The van der Waals surface area contributed by atoms with Gasteiger partial charge in [-0.05, 0) is 36.4 Å². The molecule has 1 aromatic carbocycles. The molecule has 2 aromatic rings. The summed E-state index contributed by atoms with van der Waals surface area (Å²) in [5.41, 5.74) is 0. The van der Waals surface area contributed by atoms with E-state index in [1.807, 2.05) is 0 Å². The van der Waals surface area contributed by atoms with Gasteiger partial charge in [-0.1, -0.05) is 11.6 Å². The fourth-order valence-corrected chi connectivity index (χ4v) is 2.12. The lowest BCUT2D eigenvalue weighted by Crippen LogP contribution is -2.14. The number of hydrogen-bond donors (Lipinski definition) is 1. The molecule has 0 radical (unpaired) electrons. The van der Waals surface area contributed by atoms with Gasteiger partial charge in [-0.2, -0.15) is 0 Å². The molecule has 0 saturated heterocycles. The van der Waals surface area contributed by atoms with E-state index < -0.39 is 0 Å². The van der Waals surface area contributed by atoms with E-state index in [0.717, 1.165) is 4.90 Å². The van der Waals surface area contributed by atoms with E-state index in [-0.39, 0.29) is 17.5 Å². The Morgan fingerprint density at radius 3 is 2.63 bits per heavy atom. The minimum Gasteiger partial charge on any atom is -0.310 e. The van der Waals surface area contributed by atoms with Gasteiger partial charge in [-0.3, -0.25) is 4.79 Å². The van der Waals surface area contributed by atoms with Crippen molar-refractivity contribution >= 4 is 35.1 Å². The summed E-state index contributed by atoms with van der Waals surface area (Å²) < 4.78 is 12.7. The molecule has 1 aromatic heterocycles. The highest BCUT2D eigenvalue weighted by molar-refractivity contribution is 8.00. The number of halogens is 2. The Balaban J connectivity index is 1.84. The van der Waals surface area contributed by atoms with Crippen molar-refractivity contribution in [1.82, 2.24) is 4.98 Å². The van der Waals surface area contributed by atoms with Crippen molar-refractivity contribution in [1.29, 1.82) is 0 Å². The number of nitrogens with zero attached hydrogens (tertiary/aromatic N) is 1. The summed E-state index contributed by atoms with van der Waals surface area (Å²) in [6.07, 6.45) is 1.46. The first-order valence-corrected chi connectivity index (χ1v) is 6.79. The van der Waals surface area contributed by atoms with Gasteiger partial charge in [0.2, 0.25) is 5.91 Å². The predicted octanol–water partition coefficient (Wildman–Crippen LogP) is 3.60. The third kappa shape index (κ3) is 4.54. The molecule has 19 heavy (non-hydrogen) atoms. The van der Waals surface area contributed by atoms with Crippen LogP contribution >= 0.6 is 23.4 Å². The van der Waals surface area contributed by atoms with Gasteiger partial charge in [0, 0.05) is 11.1 Å². The molecular formula is C13H10ClFN2OS. The molecule has 98 valence electrons. The van der Waals surface area contributed by atoms with E-state index >= 15 is 0 Å². The second-order valence-corrected chi connectivity index (χ2v) is 5.14. The largest absolute Gasteiger partial charge is 0.310 e. The number of anilines is 1. The van der Waals surface area contributed by atoms with E-state index in [9.17, 15) is 9.18 Å². The zero-order valence-corrected chi connectivity index (χ0v) is 11.3. The van der Waals surface area contributed by atoms with Crippen LogP contribution in [0.3, 0.4) is 0 Å². The Labute approximate surface area is 119 Å². The molecule has 1 heterocycles. The SMILES string of the molecule is O=C(CSc1ccc(F)cc1)Nc1ccc(Cl)cn1. The average Bonchev–Trinajstić information content (AvgIpc) is 2.41. The maximum atomic E-state index is 12.7. The van der Waals surface area contributed by atoms with Crippen molar-refractivity contribution in [2.45, 2.75) is 4.90 Å². The number of hydrogen-bond acceptors (Lipinski definition) is 3. The van der Waals surface area contributed by atoms with Gasteiger partial charge < -0.3 is 5.32 Å². The van der Waals surface area contributed by atoms with Crippen LogP contribution in [-0.2, 0) is 4.79 Å². The number of aromatic nitrogens is 1. The maximum Gasteiger partial charge on any atom is 0.235 e. The van der Waals surface area contributed by atoms with Crippen LogP contribution in [0.4, 0.5) is 10.2 Å². The molecule has 0 aliphatic carbocycles. The molecule has 0 spiro atoms. The number of amides is 1. The zero-order valence-electron chi connectivity index (χ0n) is 9.77. The highest BCUT2D eigenvalue weighted by Gasteiger charge is 2.04. The molecule has 0 bridgehead atoms. The van der Waals surface area contributed by atoms with Gasteiger partial charge in [0.1, 0.15) is 11.6 Å². The summed E-state index contributed by atoms with van der Waals surface area (Å²) in [5, 5.41) is 3.16. The number of pyridine rings is 1. The zero-order chi connectivity index (χ0) is 13.7. The smallest absolute Gasteiger partial charge is 0.235 e. The topological polar surface area (TPSA) is 42.0 Å². The lowest BCUT2D eigenvalue weighted by atomic mass is 10.4. The normalized spacial score (nSPS) is 10.2. The summed E-state index contributed by atoms with van der Waals surface area (Å²) in [7, 11) is 0. The summed E-state index contributed by atoms with van der Waals surface area (Å²) in [6, 6.07) is 9.27. The van der Waals surface area contributed by atoms with Gasteiger partial charge >= 0.3 is 0 Å². The van der Waals surface area contributed by atoms with Crippen LogP contribution in [0, 0.1) is 5.82 Å². The monoisotopic (exact) mass is 296 g/mol. The van der Waals surface area contributed by atoms with Crippen molar-refractivity contribution in [2.24, 2.45) is 0 Å². The van der Waals surface area contributed by atoms with E-state index in [2.05, 4.69) is 10.3 Å². The van der Waals surface area contributed by atoms with Crippen LogP contribution in [0.15, 0.2) is 47.5 Å². The second-order valence-electron chi connectivity index (χ2n) is 3.65. The minimum absolute atomic E-state index is 0.177. The van der Waals surface area contributed by atoms with Gasteiger partial charge in [-0.15, -0.1) is 11.8 Å². The average molecular weight is 297 g/mol. The standard InChI is InChI=1S/C13H10ClFN2OS/c14-9-1-6-12(16-7-9)17-13(18)8-19-11-4-2-10(15)3-5-11/h1-7H,8H2,(H,16,17,18). The minimum atomic E-state index is -0.292. The van der Waals surface area contributed by atoms with Crippen LogP contribution in [0.25, 0.3) is 0 Å². The molecule has 0 saturated carbocycles. The van der Waals surface area contributed by atoms with Crippen molar-refractivity contribution in [3.8, 4) is 0 Å². The quantitative estimate of drug-likeness (QED) is 0.877. The number of carbonyl (C=O) groups is 1. The molecular weight excluding hydrogens is 287 g/mol. The summed E-state index contributed by atoms with van der Waals surface area (Å²) in [6.45, 7) is 0. The number of rotatable bonds is 4. The van der Waals surface area contributed by atoms with E-state index in [4.69, 9.17) is 11.6 Å². The lowest BCUT2D eigenvalue weighted by molar-refractivity contribution is -0.113. The van der Waals surface area contributed by atoms with E-state index in [1.165, 1.54) is 30.1 Å². The molecule has 0 unspecified atom stereocenters. The molecule has 6 heteroatoms. The predicted molar refractivity (Wildman–Crippen MR) is 75.0 cm³/mol. The Morgan fingerprint density at radius 2 is 2.00 bits per heavy atom. The van der Waals surface area contributed by atoms with Crippen molar-refractivity contribution in [2.75, 3.05) is 11.1 Å². The van der Waals surface area contributed by atoms with Crippen LogP contribution in [0.1, 0.15) is 0 Å². The molecule has 0 atom stereocenters. The first kappa shape index (κ1) is 13.8. The number of benzene rings is 1. The maximum absolute atomic E-state index is 12.7. The van der Waals surface area contributed by atoms with Crippen LogP contribution in [-0.4, -0.2) is 16.6 Å². The van der Waals surface area contributed by atoms with E-state index in [0.29, 0.717) is 10.8 Å². The molecule has 1 amide bonds. The Bertz CT molecular complexity index is 560. The first-order chi connectivity index (χ1) is 9.13. The van der Waals surface area contributed by atoms with Crippen LogP contribution in [0.5, 0.6) is 0 Å². The van der Waals surface area contributed by atoms with Crippen LogP contribution < -0.4 is 5.32 Å². The molecule has 2 rings (SSSR count). The third-order valence-corrected chi connectivity index (χ3v) is 3.41. The van der Waals surface area contributed by atoms with E-state index in [1.54, 1.807) is 24.3 Å². The Morgan fingerprint density at radius 1 is 1.26 bits per heavy atom. The molecule has 0 fully saturated rings. The number of thioether (sulfide) groups is 1. The second kappa shape index (κ2) is 6.54. The molecule has 0 aliphatic heterocycles. The summed E-state index contributed by atoms with van der Waals surface area (Å²) in [4.78, 5) is 16.5. The van der Waals surface area contributed by atoms with Gasteiger partial charge in [0.25, 0.3) is 0 Å². The number of carbonyl (C=O) groups excluding carboxylic acids is 1. The van der Waals surface area contributed by atoms with Gasteiger partial charge in [-0.25, -0.2) is 9.37 Å². The first-order valence-electron chi connectivity index (χ1n) is 5.43. The molecule has 0 aliphatic rings. The summed E-state index contributed by atoms with van der Waals surface area (Å²) in [5.74, 6) is 0.216. The Hall–Kier alpha value is -1.59. The van der Waals surface area contributed by atoms with Crippen LogP contribution in [0.2, 0.25) is 5.02 Å². The fraction of sp³-hybridized carbons (Fsp3) is 0.0769. The fourth-order valence-electron chi connectivity index (χ4n) is 1.31. The highest BCUT2D eigenvalue weighted by Crippen LogP contribution is 2.18. The Kier molecular flexibility index (Phi) is 4.76. The summed E-state index contributed by atoms with van der Waals surface area (Å²) >= 11 is 7.02. The van der Waals surface area contributed by atoms with Gasteiger partial charge in [0.05, 0.1) is 10.8 Å². The van der Waals surface area contributed by atoms with Crippen molar-refractivity contribution < 1.29 is 9.18 Å². The third-order valence-electron chi connectivity index (χ3n) is 2.18. The van der Waals surface area contributed by atoms with Gasteiger partial charge in [0.15, 0.2) is 0 Å². The number of nitrogens with one attached hydrogen (secondary N) is 1. The van der Waals surface area contributed by atoms with Crippen molar-refractivity contribution in [3.05, 3.63) is 53.4 Å². The highest BCUT2D eigenvalue weighted by atomic mass is 35.5. The lowest BCUT2D eigenvalue weighted by Gasteiger charge is -2.04. The molecule has 3 nitrogen and oxygen atoms in total.